The molecule has 1 unspecified atom stereocenters. The summed E-state index contributed by atoms with van der Waals surface area (Å²) in [7, 11) is 0. The fourth-order valence-electron chi connectivity index (χ4n) is 1.19. The maximum Gasteiger partial charge on any atom is 0.0275 e. The molecule has 0 bridgehead atoms. The van der Waals surface area contributed by atoms with Gasteiger partial charge < -0.3 is 0 Å². The first-order chi connectivity index (χ1) is 5.26. The Kier molecular flexibility index (Phi) is 3.60. The lowest BCUT2D eigenvalue weighted by atomic mass is 10.1. The van der Waals surface area contributed by atoms with E-state index in [1.165, 1.54) is 16.9 Å². The summed E-state index contributed by atoms with van der Waals surface area (Å²) in [6.45, 7) is 2.21. The van der Waals surface area contributed by atoms with Gasteiger partial charge in [-0.3, -0.25) is 0 Å². The quantitative estimate of drug-likeness (QED) is 0.649. The molecule has 0 radical (unpaired) electrons. The lowest BCUT2D eigenvalue weighted by Gasteiger charge is -2.16. The van der Waals surface area contributed by atoms with E-state index >= 15 is 0 Å². The van der Waals surface area contributed by atoms with Crippen LogP contribution in [0.5, 0.6) is 0 Å². The molecule has 0 nitrogen and oxygen atoms in total. The normalized spacial score (nSPS) is 24.5. The van der Waals surface area contributed by atoms with Crippen molar-refractivity contribution in [1.29, 1.82) is 0 Å². The molecule has 0 aromatic carbocycles. The molecule has 0 saturated heterocycles. The van der Waals surface area contributed by atoms with Crippen molar-refractivity contribution in [3.05, 3.63) is 22.6 Å². The summed E-state index contributed by atoms with van der Waals surface area (Å²) in [4.78, 5) is 1.42. The van der Waals surface area contributed by atoms with Crippen LogP contribution in [0.4, 0.5) is 0 Å². The van der Waals surface area contributed by atoms with Crippen LogP contribution in [0.1, 0.15) is 13.3 Å². The van der Waals surface area contributed by atoms with E-state index < -0.39 is 0 Å². The van der Waals surface area contributed by atoms with Gasteiger partial charge in [-0.2, -0.15) is 11.8 Å². The van der Waals surface area contributed by atoms with Gasteiger partial charge in [0.25, 0.3) is 0 Å². The smallest absolute Gasteiger partial charge is 0.0275 e. The van der Waals surface area contributed by atoms with E-state index in [0.29, 0.717) is 5.25 Å². The predicted octanol–water partition coefficient (Wildman–Crippen LogP) is 3.31. The van der Waals surface area contributed by atoms with Gasteiger partial charge in [-0.05, 0) is 31.9 Å². The van der Waals surface area contributed by atoms with Crippen LogP contribution in [0.25, 0.3) is 0 Å². The van der Waals surface area contributed by atoms with Gasteiger partial charge in [0, 0.05) is 10.2 Å². The van der Waals surface area contributed by atoms with E-state index in [-0.39, 0.29) is 0 Å². The summed E-state index contributed by atoms with van der Waals surface area (Å²) in [6.07, 6.45) is 10.2. The highest BCUT2D eigenvalue weighted by atomic mass is 32.2. The molecular formula is C9H14S2. The Balaban J connectivity index is 2.69. The van der Waals surface area contributed by atoms with Gasteiger partial charge in [-0.1, -0.05) is 11.6 Å². The topological polar surface area (TPSA) is 0 Å². The average Bonchev–Trinajstić information content (AvgIpc) is 2.03. The zero-order valence-electron chi connectivity index (χ0n) is 7.26. The zero-order valence-corrected chi connectivity index (χ0v) is 8.89. The number of allylic oxidation sites excluding steroid dienone is 2. The van der Waals surface area contributed by atoms with Crippen molar-refractivity contribution in [3.63, 3.8) is 0 Å². The SMILES string of the molecule is CSC1=CC(SC)CC(C)=C1. The number of rotatable bonds is 2. The van der Waals surface area contributed by atoms with Gasteiger partial charge >= 0.3 is 0 Å². The van der Waals surface area contributed by atoms with Crippen LogP contribution in [-0.4, -0.2) is 17.8 Å². The van der Waals surface area contributed by atoms with Gasteiger partial charge in [0.1, 0.15) is 0 Å². The van der Waals surface area contributed by atoms with Gasteiger partial charge in [-0.15, -0.1) is 11.8 Å². The Morgan fingerprint density at radius 3 is 2.73 bits per heavy atom. The molecule has 0 fully saturated rings. The molecule has 1 aliphatic carbocycles. The third kappa shape index (κ3) is 2.60. The van der Waals surface area contributed by atoms with Crippen molar-refractivity contribution in [3.8, 4) is 0 Å². The van der Waals surface area contributed by atoms with Crippen LogP contribution in [0, 0.1) is 0 Å². The molecule has 0 amide bonds. The number of hydrogen-bond acceptors (Lipinski definition) is 2. The molecule has 1 atom stereocenters. The largest absolute Gasteiger partial charge is 0.157 e. The second-order valence-electron chi connectivity index (χ2n) is 2.74. The zero-order chi connectivity index (χ0) is 8.27. The first kappa shape index (κ1) is 9.27. The summed E-state index contributed by atoms with van der Waals surface area (Å²) in [6, 6.07) is 0. The molecule has 0 aromatic heterocycles. The minimum atomic E-state index is 0.711. The molecule has 0 aromatic rings. The van der Waals surface area contributed by atoms with E-state index in [9.17, 15) is 0 Å². The third-order valence-electron chi connectivity index (χ3n) is 1.80. The summed E-state index contributed by atoms with van der Waals surface area (Å²) < 4.78 is 0. The molecule has 11 heavy (non-hydrogen) atoms. The summed E-state index contributed by atoms with van der Waals surface area (Å²) in [5.74, 6) is 0. The fourth-order valence-corrected chi connectivity index (χ4v) is 2.61. The standard InChI is InChI=1S/C9H14S2/c1-7-4-8(10-2)6-9(5-7)11-3/h4,6,9H,5H2,1-3H3. The van der Waals surface area contributed by atoms with Crippen molar-refractivity contribution >= 4 is 23.5 Å². The first-order valence-electron chi connectivity index (χ1n) is 3.72. The van der Waals surface area contributed by atoms with E-state index in [4.69, 9.17) is 0 Å². The van der Waals surface area contributed by atoms with Crippen molar-refractivity contribution in [1.82, 2.24) is 0 Å². The van der Waals surface area contributed by atoms with Crippen molar-refractivity contribution in [2.45, 2.75) is 18.6 Å². The summed E-state index contributed by atoms with van der Waals surface area (Å²) in [5.41, 5.74) is 1.51. The van der Waals surface area contributed by atoms with Crippen LogP contribution >= 0.6 is 23.5 Å². The van der Waals surface area contributed by atoms with Crippen LogP contribution in [-0.2, 0) is 0 Å². The molecule has 2 heteroatoms. The molecule has 0 aliphatic heterocycles. The van der Waals surface area contributed by atoms with Crippen LogP contribution in [0.3, 0.4) is 0 Å². The van der Waals surface area contributed by atoms with Gasteiger partial charge in [0.2, 0.25) is 0 Å². The average molecular weight is 186 g/mol. The second kappa shape index (κ2) is 4.27. The summed E-state index contributed by atoms with van der Waals surface area (Å²) >= 11 is 3.78. The highest BCUT2D eigenvalue weighted by molar-refractivity contribution is 8.02. The molecule has 62 valence electrons. The van der Waals surface area contributed by atoms with Crippen molar-refractivity contribution in [2.75, 3.05) is 12.5 Å². The van der Waals surface area contributed by atoms with Crippen LogP contribution in [0.2, 0.25) is 0 Å². The molecule has 0 saturated carbocycles. The molecule has 1 rings (SSSR count). The lowest BCUT2D eigenvalue weighted by Crippen LogP contribution is -2.03. The number of hydrogen-bond donors (Lipinski definition) is 0. The highest BCUT2D eigenvalue weighted by Gasteiger charge is 2.10. The van der Waals surface area contributed by atoms with Gasteiger partial charge in [-0.25, -0.2) is 0 Å². The Hall–Kier alpha value is 0.180. The molecule has 0 heterocycles. The van der Waals surface area contributed by atoms with E-state index in [1.54, 1.807) is 0 Å². The Morgan fingerprint density at radius 2 is 2.18 bits per heavy atom. The molecular weight excluding hydrogens is 172 g/mol. The van der Waals surface area contributed by atoms with E-state index in [2.05, 4.69) is 31.6 Å². The van der Waals surface area contributed by atoms with Crippen LogP contribution in [0.15, 0.2) is 22.6 Å². The maximum absolute atomic E-state index is 2.36. The fraction of sp³-hybridized carbons (Fsp3) is 0.556. The Morgan fingerprint density at radius 1 is 1.45 bits per heavy atom. The van der Waals surface area contributed by atoms with Crippen molar-refractivity contribution in [2.24, 2.45) is 0 Å². The summed E-state index contributed by atoms with van der Waals surface area (Å²) in [5, 5.41) is 0.711. The van der Waals surface area contributed by atoms with E-state index in [0.717, 1.165) is 0 Å². The van der Waals surface area contributed by atoms with E-state index in [1.807, 2.05) is 23.5 Å². The monoisotopic (exact) mass is 186 g/mol. The lowest BCUT2D eigenvalue weighted by molar-refractivity contribution is 0.978. The van der Waals surface area contributed by atoms with Gasteiger partial charge in [0.05, 0.1) is 0 Å². The third-order valence-corrected chi connectivity index (χ3v) is 3.43. The second-order valence-corrected chi connectivity index (χ2v) is 4.70. The highest BCUT2D eigenvalue weighted by Crippen LogP contribution is 2.29. The maximum atomic E-state index is 2.36. The molecule has 0 N–H and O–H groups in total. The minimum Gasteiger partial charge on any atom is -0.157 e. The molecule has 0 spiro atoms. The number of thioether (sulfide) groups is 2. The van der Waals surface area contributed by atoms with Crippen LogP contribution < -0.4 is 0 Å². The predicted molar refractivity (Wildman–Crippen MR) is 57.3 cm³/mol. The van der Waals surface area contributed by atoms with Crippen molar-refractivity contribution < 1.29 is 0 Å². The van der Waals surface area contributed by atoms with Gasteiger partial charge in [0.15, 0.2) is 0 Å². The Labute approximate surface area is 77.5 Å². The molecule has 1 aliphatic rings. The minimum absolute atomic E-state index is 0.711. The Bertz CT molecular complexity index is 192. The first-order valence-corrected chi connectivity index (χ1v) is 6.23.